The lowest BCUT2D eigenvalue weighted by atomic mass is 10.0. The van der Waals surface area contributed by atoms with Crippen LogP contribution in [0, 0.1) is 5.92 Å². The number of carbonyl (C=O) groups is 1. The predicted molar refractivity (Wildman–Crippen MR) is 98.9 cm³/mol. The minimum atomic E-state index is -3.57. The molecule has 2 rings (SSSR count). The van der Waals surface area contributed by atoms with Crippen molar-refractivity contribution in [3.05, 3.63) is 0 Å². The summed E-state index contributed by atoms with van der Waals surface area (Å²) in [6.45, 7) is 5.58. The van der Waals surface area contributed by atoms with E-state index in [4.69, 9.17) is 0 Å². The zero-order chi connectivity index (χ0) is 18.8. The molecule has 2 unspecified atom stereocenters. The van der Waals surface area contributed by atoms with Crippen molar-refractivity contribution in [2.45, 2.75) is 75.0 Å². The standard InChI is InChI=1S/C17H31NO5S2/c1-13(2)16(25(22,23)15-7-5-4-6-8-15)17(19)18-10-9-14(3)24(20,21)12-11-18/h13-16H,4-12H2,1-3H3. The van der Waals surface area contributed by atoms with Crippen LogP contribution in [0.1, 0.15) is 59.3 Å². The van der Waals surface area contributed by atoms with Crippen molar-refractivity contribution in [3.63, 3.8) is 0 Å². The van der Waals surface area contributed by atoms with Crippen LogP contribution in [0.4, 0.5) is 0 Å². The van der Waals surface area contributed by atoms with Gasteiger partial charge in [0.05, 0.1) is 16.3 Å². The Morgan fingerprint density at radius 2 is 1.64 bits per heavy atom. The fourth-order valence-corrected chi connectivity index (χ4v) is 7.81. The number of rotatable bonds is 4. The molecule has 25 heavy (non-hydrogen) atoms. The van der Waals surface area contributed by atoms with Gasteiger partial charge in [-0.25, -0.2) is 16.8 Å². The van der Waals surface area contributed by atoms with Gasteiger partial charge in [-0.1, -0.05) is 33.1 Å². The lowest BCUT2D eigenvalue weighted by molar-refractivity contribution is -0.131. The molecule has 1 amide bonds. The van der Waals surface area contributed by atoms with Crippen LogP contribution in [0.2, 0.25) is 0 Å². The molecule has 0 aromatic heterocycles. The van der Waals surface area contributed by atoms with Gasteiger partial charge < -0.3 is 4.90 Å². The van der Waals surface area contributed by atoms with Crippen LogP contribution < -0.4 is 0 Å². The maximum Gasteiger partial charge on any atom is 0.241 e. The minimum Gasteiger partial charge on any atom is -0.341 e. The Hall–Kier alpha value is -0.630. The van der Waals surface area contributed by atoms with Gasteiger partial charge in [-0.05, 0) is 32.1 Å². The second-order valence-corrected chi connectivity index (χ2v) is 12.7. The average molecular weight is 394 g/mol. The van der Waals surface area contributed by atoms with Crippen LogP contribution in [-0.2, 0) is 24.5 Å². The van der Waals surface area contributed by atoms with E-state index in [-0.39, 0.29) is 18.2 Å². The highest BCUT2D eigenvalue weighted by molar-refractivity contribution is 7.93. The first-order valence-electron chi connectivity index (χ1n) is 9.30. The Morgan fingerprint density at radius 3 is 2.20 bits per heavy atom. The predicted octanol–water partition coefficient (Wildman–Crippen LogP) is 1.79. The number of sulfone groups is 2. The van der Waals surface area contributed by atoms with Crippen molar-refractivity contribution in [2.24, 2.45) is 5.92 Å². The molecular weight excluding hydrogens is 362 g/mol. The Labute approximate surface area is 152 Å². The van der Waals surface area contributed by atoms with E-state index in [0.29, 0.717) is 25.8 Å². The third-order valence-corrected chi connectivity index (χ3v) is 10.7. The van der Waals surface area contributed by atoms with E-state index in [1.807, 2.05) is 0 Å². The average Bonchev–Trinajstić information content (AvgIpc) is 2.67. The first-order chi connectivity index (χ1) is 11.6. The third kappa shape index (κ3) is 4.56. The molecular formula is C17H31NO5S2. The van der Waals surface area contributed by atoms with E-state index in [2.05, 4.69) is 0 Å². The summed E-state index contributed by atoms with van der Waals surface area (Å²) >= 11 is 0. The van der Waals surface area contributed by atoms with Crippen LogP contribution in [0.25, 0.3) is 0 Å². The van der Waals surface area contributed by atoms with Gasteiger partial charge in [0.15, 0.2) is 19.7 Å². The summed E-state index contributed by atoms with van der Waals surface area (Å²) < 4.78 is 50.4. The molecule has 1 saturated heterocycles. The first kappa shape index (κ1) is 20.7. The molecule has 146 valence electrons. The van der Waals surface area contributed by atoms with E-state index < -0.39 is 41.3 Å². The zero-order valence-corrected chi connectivity index (χ0v) is 17.1. The quantitative estimate of drug-likeness (QED) is 0.726. The number of amides is 1. The first-order valence-corrected chi connectivity index (χ1v) is 12.6. The minimum absolute atomic E-state index is 0.0891. The number of hydrogen-bond donors (Lipinski definition) is 0. The van der Waals surface area contributed by atoms with Crippen molar-refractivity contribution >= 4 is 25.6 Å². The Kier molecular flexibility index (Phi) is 6.57. The van der Waals surface area contributed by atoms with Crippen LogP contribution >= 0.6 is 0 Å². The molecule has 1 saturated carbocycles. The highest BCUT2D eigenvalue weighted by Gasteiger charge is 2.43. The lowest BCUT2D eigenvalue weighted by Crippen LogP contribution is -2.49. The summed E-state index contributed by atoms with van der Waals surface area (Å²) in [5.41, 5.74) is 0. The number of carbonyl (C=O) groups excluding carboxylic acids is 1. The largest absolute Gasteiger partial charge is 0.341 e. The van der Waals surface area contributed by atoms with Gasteiger partial charge in [0.25, 0.3) is 0 Å². The molecule has 1 heterocycles. The fraction of sp³-hybridized carbons (Fsp3) is 0.941. The van der Waals surface area contributed by atoms with Crippen LogP contribution in [0.5, 0.6) is 0 Å². The van der Waals surface area contributed by atoms with Crippen LogP contribution in [0.3, 0.4) is 0 Å². The molecule has 1 aliphatic heterocycles. The molecule has 0 N–H and O–H groups in total. The molecule has 6 nitrogen and oxygen atoms in total. The van der Waals surface area contributed by atoms with Crippen molar-refractivity contribution in [3.8, 4) is 0 Å². The molecule has 0 radical (unpaired) electrons. The summed E-state index contributed by atoms with van der Waals surface area (Å²) in [7, 11) is -6.78. The molecule has 0 aromatic carbocycles. The summed E-state index contributed by atoms with van der Waals surface area (Å²) in [4.78, 5) is 14.5. The van der Waals surface area contributed by atoms with Gasteiger partial charge in [-0.15, -0.1) is 0 Å². The zero-order valence-electron chi connectivity index (χ0n) is 15.5. The number of nitrogens with zero attached hydrogens (tertiary/aromatic N) is 1. The van der Waals surface area contributed by atoms with E-state index in [0.717, 1.165) is 19.3 Å². The Morgan fingerprint density at radius 1 is 1.04 bits per heavy atom. The molecule has 2 fully saturated rings. The van der Waals surface area contributed by atoms with Gasteiger partial charge >= 0.3 is 0 Å². The van der Waals surface area contributed by atoms with Crippen molar-refractivity contribution in [1.29, 1.82) is 0 Å². The molecule has 0 aromatic rings. The van der Waals surface area contributed by atoms with E-state index in [1.165, 1.54) is 4.90 Å². The smallest absolute Gasteiger partial charge is 0.241 e. The molecule has 0 spiro atoms. The van der Waals surface area contributed by atoms with Crippen molar-refractivity contribution in [2.75, 3.05) is 18.8 Å². The maximum atomic E-state index is 13.1. The highest BCUT2D eigenvalue weighted by atomic mass is 32.2. The SMILES string of the molecule is CC(C)C(C(=O)N1CCC(C)S(=O)(=O)CC1)S(=O)(=O)C1CCCCC1. The normalized spacial score (nSPS) is 27.0. The molecule has 0 bridgehead atoms. The summed E-state index contributed by atoms with van der Waals surface area (Å²) in [5, 5.41) is -1.99. The van der Waals surface area contributed by atoms with E-state index >= 15 is 0 Å². The third-order valence-electron chi connectivity index (χ3n) is 5.60. The van der Waals surface area contributed by atoms with Crippen LogP contribution in [0.15, 0.2) is 0 Å². The van der Waals surface area contributed by atoms with Crippen molar-refractivity contribution < 1.29 is 21.6 Å². The molecule has 2 aliphatic rings. The van der Waals surface area contributed by atoms with Gasteiger partial charge in [0.2, 0.25) is 5.91 Å². The van der Waals surface area contributed by atoms with E-state index in [1.54, 1.807) is 20.8 Å². The van der Waals surface area contributed by atoms with E-state index in [9.17, 15) is 21.6 Å². The second kappa shape index (κ2) is 7.94. The topological polar surface area (TPSA) is 88.6 Å². The second-order valence-electron chi connectivity index (χ2n) is 7.81. The van der Waals surface area contributed by atoms with Gasteiger partial charge in [0, 0.05) is 13.1 Å². The van der Waals surface area contributed by atoms with Crippen molar-refractivity contribution in [1.82, 2.24) is 4.90 Å². The molecule has 1 aliphatic carbocycles. The fourth-order valence-electron chi connectivity index (χ4n) is 3.87. The molecule has 2 atom stereocenters. The van der Waals surface area contributed by atoms with Crippen LogP contribution in [-0.4, -0.2) is 62.2 Å². The van der Waals surface area contributed by atoms with Gasteiger partial charge in [-0.2, -0.15) is 0 Å². The monoisotopic (exact) mass is 393 g/mol. The lowest BCUT2D eigenvalue weighted by Gasteiger charge is -2.32. The maximum absolute atomic E-state index is 13.1. The van der Waals surface area contributed by atoms with Gasteiger partial charge in [-0.3, -0.25) is 4.79 Å². The summed E-state index contributed by atoms with van der Waals surface area (Å²) in [5.74, 6) is -0.824. The summed E-state index contributed by atoms with van der Waals surface area (Å²) in [6.07, 6.45) is 4.45. The Bertz CT molecular complexity index is 678. The molecule has 8 heteroatoms. The summed E-state index contributed by atoms with van der Waals surface area (Å²) in [6, 6.07) is 0. The number of hydrogen-bond acceptors (Lipinski definition) is 5. The van der Waals surface area contributed by atoms with Gasteiger partial charge in [0.1, 0.15) is 5.25 Å². The highest BCUT2D eigenvalue weighted by Crippen LogP contribution is 2.30. The Balaban J connectivity index is 2.23.